The van der Waals surface area contributed by atoms with Gasteiger partial charge in [0.2, 0.25) is 5.89 Å². The fraction of sp³-hybridized carbons (Fsp3) is 0.100. The van der Waals surface area contributed by atoms with Gasteiger partial charge in [0.1, 0.15) is 0 Å². The zero-order valence-electron chi connectivity index (χ0n) is 15.3. The molecule has 2 aromatic carbocycles. The Balaban J connectivity index is 1.47. The highest BCUT2D eigenvalue weighted by Crippen LogP contribution is 2.29. The summed E-state index contributed by atoms with van der Waals surface area (Å²) >= 11 is 6.30. The van der Waals surface area contributed by atoms with Crippen LogP contribution < -0.4 is 5.32 Å². The van der Waals surface area contributed by atoms with Gasteiger partial charge in [-0.1, -0.05) is 45.4 Å². The second kappa shape index (κ2) is 8.89. The minimum atomic E-state index is -0.202. The van der Waals surface area contributed by atoms with Crippen LogP contribution in [-0.4, -0.2) is 21.0 Å². The second-order valence-corrected chi connectivity index (χ2v) is 8.81. The number of thiazole rings is 1. The third-order valence-electron chi connectivity index (χ3n) is 3.92. The maximum Gasteiger partial charge on any atom is 0.258 e. The molecular formula is C20H15BrN4O2S2. The van der Waals surface area contributed by atoms with Crippen molar-refractivity contribution in [3.63, 3.8) is 0 Å². The minimum Gasteiger partial charge on any atom is -0.338 e. The van der Waals surface area contributed by atoms with Crippen LogP contribution in [0.25, 0.3) is 11.3 Å². The Hall–Kier alpha value is -2.49. The molecule has 0 spiro atoms. The summed E-state index contributed by atoms with van der Waals surface area (Å²) in [5.41, 5.74) is 2.40. The molecule has 0 fully saturated rings. The molecule has 9 heteroatoms. The molecule has 29 heavy (non-hydrogen) atoms. The van der Waals surface area contributed by atoms with Gasteiger partial charge in [0.25, 0.3) is 5.91 Å². The van der Waals surface area contributed by atoms with E-state index in [1.807, 2.05) is 47.8 Å². The van der Waals surface area contributed by atoms with Crippen LogP contribution in [0.1, 0.15) is 22.1 Å². The third-order valence-corrected chi connectivity index (χ3v) is 6.26. The van der Waals surface area contributed by atoms with Crippen LogP contribution in [0, 0.1) is 6.92 Å². The molecule has 0 aliphatic carbocycles. The number of benzene rings is 2. The Kier molecular flexibility index (Phi) is 6.08. The molecule has 4 aromatic rings. The van der Waals surface area contributed by atoms with Gasteiger partial charge in [-0.05, 0) is 31.2 Å². The van der Waals surface area contributed by atoms with Gasteiger partial charge in [-0.2, -0.15) is 4.98 Å². The maximum absolute atomic E-state index is 12.8. The lowest BCUT2D eigenvalue weighted by molar-refractivity contribution is 0.102. The van der Waals surface area contributed by atoms with Gasteiger partial charge in [-0.3, -0.25) is 10.1 Å². The average molecular weight is 487 g/mol. The van der Waals surface area contributed by atoms with Gasteiger partial charge < -0.3 is 4.52 Å². The van der Waals surface area contributed by atoms with Crippen LogP contribution in [0.5, 0.6) is 0 Å². The molecule has 1 amide bonds. The van der Waals surface area contributed by atoms with Crippen LogP contribution in [0.15, 0.2) is 67.8 Å². The Morgan fingerprint density at radius 1 is 1.17 bits per heavy atom. The molecule has 1 N–H and O–H groups in total. The molecule has 0 atom stereocenters. The van der Waals surface area contributed by atoms with Crippen molar-refractivity contribution in [1.82, 2.24) is 15.1 Å². The van der Waals surface area contributed by atoms with E-state index in [1.165, 1.54) is 23.1 Å². The molecule has 0 radical (unpaired) electrons. The number of halogens is 1. The predicted molar refractivity (Wildman–Crippen MR) is 118 cm³/mol. The normalized spacial score (nSPS) is 10.8. The number of aryl methyl sites for hydroxylation is 1. The first-order chi connectivity index (χ1) is 14.1. The van der Waals surface area contributed by atoms with Crippen LogP contribution >= 0.6 is 39.0 Å². The van der Waals surface area contributed by atoms with Crippen molar-refractivity contribution in [2.24, 2.45) is 0 Å². The average Bonchev–Trinajstić information content (AvgIpc) is 3.36. The Labute approximate surface area is 183 Å². The fourth-order valence-corrected chi connectivity index (χ4v) is 4.43. The van der Waals surface area contributed by atoms with E-state index in [-0.39, 0.29) is 5.91 Å². The van der Waals surface area contributed by atoms with Crippen molar-refractivity contribution in [3.8, 4) is 11.3 Å². The number of carbonyl (C=O) groups excluding carboxylic acids is 1. The summed E-state index contributed by atoms with van der Waals surface area (Å²) in [6, 6.07) is 15.3. The largest absolute Gasteiger partial charge is 0.338 e. The van der Waals surface area contributed by atoms with Crippen molar-refractivity contribution in [2.45, 2.75) is 17.6 Å². The first kappa shape index (κ1) is 19.8. The first-order valence-electron chi connectivity index (χ1n) is 8.62. The van der Waals surface area contributed by atoms with Crippen molar-refractivity contribution < 1.29 is 9.32 Å². The lowest BCUT2D eigenvalue weighted by Crippen LogP contribution is -2.12. The molecule has 0 saturated heterocycles. The van der Waals surface area contributed by atoms with E-state index in [2.05, 4.69) is 36.4 Å². The van der Waals surface area contributed by atoms with Gasteiger partial charge in [0.05, 0.1) is 17.0 Å². The molecule has 0 saturated carbocycles. The van der Waals surface area contributed by atoms with E-state index in [1.54, 1.807) is 13.0 Å². The highest BCUT2D eigenvalue weighted by atomic mass is 79.9. The molecule has 146 valence electrons. The van der Waals surface area contributed by atoms with Crippen molar-refractivity contribution in [1.29, 1.82) is 0 Å². The molecule has 0 aliphatic rings. The summed E-state index contributed by atoms with van der Waals surface area (Å²) in [7, 11) is 0. The summed E-state index contributed by atoms with van der Waals surface area (Å²) in [4.78, 5) is 22.4. The predicted octanol–water partition coefficient (Wildman–Crippen LogP) is 5.81. The van der Waals surface area contributed by atoms with Crippen LogP contribution in [0.4, 0.5) is 5.13 Å². The van der Waals surface area contributed by atoms with E-state index in [0.29, 0.717) is 28.2 Å². The highest BCUT2D eigenvalue weighted by molar-refractivity contribution is 9.10. The molecule has 6 nitrogen and oxygen atoms in total. The number of nitrogens with one attached hydrogen (secondary N) is 1. The van der Waals surface area contributed by atoms with Gasteiger partial charge in [0.15, 0.2) is 11.0 Å². The third kappa shape index (κ3) is 4.92. The number of rotatable bonds is 6. The number of aromatic nitrogens is 3. The molecule has 0 unspecified atom stereocenters. The topological polar surface area (TPSA) is 80.9 Å². The summed E-state index contributed by atoms with van der Waals surface area (Å²) in [5, 5.41) is 9.17. The number of amides is 1. The maximum atomic E-state index is 12.8. The van der Waals surface area contributed by atoms with E-state index < -0.39 is 0 Å². The van der Waals surface area contributed by atoms with Crippen LogP contribution in [0.2, 0.25) is 0 Å². The fourth-order valence-electron chi connectivity index (χ4n) is 2.57. The lowest BCUT2D eigenvalue weighted by Gasteiger charge is -2.07. The smallest absolute Gasteiger partial charge is 0.258 e. The monoisotopic (exact) mass is 486 g/mol. The minimum absolute atomic E-state index is 0.202. The number of hydrogen-bond acceptors (Lipinski definition) is 7. The Bertz CT molecular complexity index is 1140. The number of hydrogen-bond donors (Lipinski definition) is 1. The number of thioether (sulfide) groups is 1. The quantitative estimate of drug-likeness (QED) is 0.346. The SMILES string of the molecule is Cc1noc(CSc2ccccc2C(=O)Nc2nc(-c3ccc(Br)cc3)cs2)n1. The molecule has 0 bridgehead atoms. The Morgan fingerprint density at radius 3 is 2.72 bits per heavy atom. The summed E-state index contributed by atoms with van der Waals surface area (Å²) in [5.74, 6) is 1.42. The van der Waals surface area contributed by atoms with Crippen LogP contribution in [0.3, 0.4) is 0 Å². The molecule has 0 aliphatic heterocycles. The van der Waals surface area contributed by atoms with Crippen molar-refractivity contribution in [2.75, 3.05) is 5.32 Å². The number of nitrogens with zero attached hydrogens (tertiary/aromatic N) is 3. The van der Waals surface area contributed by atoms with Gasteiger partial charge in [0, 0.05) is 20.3 Å². The van der Waals surface area contributed by atoms with Crippen molar-refractivity contribution in [3.05, 3.63) is 75.7 Å². The lowest BCUT2D eigenvalue weighted by atomic mass is 10.2. The summed E-state index contributed by atoms with van der Waals surface area (Å²) in [6.07, 6.45) is 0. The summed E-state index contributed by atoms with van der Waals surface area (Å²) in [6.45, 7) is 1.77. The molecule has 2 aromatic heterocycles. The van der Waals surface area contributed by atoms with Gasteiger partial charge in [-0.15, -0.1) is 23.1 Å². The number of carbonyl (C=O) groups is 1. The van der Waals surface area contributed by atoms with Crippen LogP contribution in [-0.2, 0) is 5.75 Å². The first-order valence-corrected chi connectivity index (χ1v) is 11.3. The van der Waals surface area contributed by atoms with Crippen molar-refractivity contribution >= 4 is 50.1 Å². The van der Waals surface area contributed by atoms with E-state index in [9.17, 15) is 4.79 Å². The van der Waals surface area contributed by atoms with Gasteiger partial charge in [-0.25, -0.2) is 4.98 Å². The molecular weight excluding hydrogens is 472 g/mol. The summed E-state index contributed by atoms with van der Waals surface area (Å²) < 4.78 is 6.15. The zero-order chi connectivity index (χ0) is 20.2. The Morgan fingerprint density at radius 2 is 1.97 bits per heavy atom. The highest BCUT2D eigenvalue weighted by Gasteiger charge is 2.15. The molecule has 2 heterocycles. The van der Waals surface area contributed by atoms with E-state index in [0.717, 1.165) is 20.6 Å². The molecule has 4 rings (SSSR count). The standard InChI is InChI=1S/C20H15BrN4O2S2/c1-12-22-18(27-25-12)11-28-17-5-3-2-4-15(17)19(26)24-20-23-16(10-29-20)13-6-8-14(21)9-7-13/h2-10H,11H2,1H3,(H,23,24,26). The van der Waals surface area contributed by atoms with Gasteiger partial charge >= 0.3 is 0 Å². The van der Waals surface area contributed by atoms with E-state index >= 15 is 0 Å². The zero-order valence-corrected chi connectivity index (χ0v) is 18.5. The van der Waals surface area contributed by atoms with E-state index in [4.69, 9.17) is 4.52 Å². The second-order valence-electron chi connectivity index (χ2n) is 6.02. The number of anilines is 1.